The smallest absolute Gasteiger partial charge is 0.155 e. The summed E-state index contributed by atoms with van der Waals surface area (Å²) < 4.78 is 0. The summed E-state index contributed by atoms with van der Waals surface area (Å²) in [6, 6.07) is 0. The molecule has 0 atom stereocenters. The second-order valence-electron chi connectivity index (χ2n) is 3.81. The number of hydrogen-bond acceptors (Lipinski definition) is 2. The van der Waals surface area contributed by atoms with E-state index in [-0.39, 0.29) is 11.6 Å². The predicted octanol–water partition coefficient (Wildman–Crippen LogP) is 3.62. The number of allylic oxidation sites excluding steroid dienone is 4. The summed E-state index contributed by atoms with van der Waals surface area (Å²) >= 11 is 0. The molecule has 0 heterocycles. The minimum atomic E-state index is 0.0469. The van der Waals surface area contributed by atoms with E-state index in [4.69, 9.17) is 0 Å². The largest absolute Gasteiger partial charge is 0.295 e. The van der Waals surface area contributed by atoms with Crippen molar-refractivity contribution >= 4 is 11.6 Å². The van der Waals surface area contributed by atoms with E-state index < -0.39 is 0 Å². The number of rotatable bonds is 9. The van der Waals surface area contributed by atoms with Crippen molar-refractivity contribution < 1.29 is 9.59 Å². The molecular weight excluding hydrogens is 200 g/mol. The van der Waals surface area contributed by atoms with Gasteiger partial charge in [0.2, 0.25) is 0 Å². The molecule has 2 nitrogen and oxygen atoms in total. The van der Waals surface area contributed by atoms with Gasteiger partial charge in [-0.3, -0.25) is 9.59 Å². The number of carbonyl (C=O) groups excluding carboxylic acids is 2. The Kier molecular flexibility index (Phi) is 9.58. The van der Waals surface area contributed by atoms with Crippen molar-refractivity contribution in [3.8, 4) is 0 Å². The Balaban J connectivity index is 3.70. The molecular formula is C14H22O2. The summed E-state index contributed by atoms with van der Waals surface area (Å²) in [5.74, 6) is 0.0939. The normalized spacial score (nSPS) is 11.4. The lowest BCUT2D eigenvalue weighted by atomic mass is 10.1. The molecule has 0 aliphatic carbocycles. The fourth-order valence-electron chi connectivity index (χ4n) is 1.18. The third-order valence-electron chi connectivity index (χ3n) is 2.14. The van der Waals surface area contributed by atoms with Gasteiger partial charge in [-0.25, -0.2) is 0 Å². The van der Waals surface area contributed by atoms with Gasteiger partial charge in [0.05, 0.1) is 0 Å². The molecule has 16 heavy (non-hydrogen) atoms. The minimum absolute atomic E-state index is 0.0469. The van der Waals surface area contributed by atoms with Crippen molar-refractivity contribution in [1.29, 1.82) is 0 Å². The molecule has 0 amide bonds. The Labute approximate surface area is 98.4 Å². The highest BCUT2D eigenvalue weighted by atomic mass is 16.1. The molecule has 0 unspecified atom stereocenters. The van der Waals surface area contributed by atoms with Crippen molar-refractivity contribution in [2.45, 2.75) is 52.4 Å². The summed E-state index contributed by atoms with van der Waals surface area (Å²) in [5.41, 5.74) is 0. The zero-order valence-corrected chi connectivity index (χ0v) is 10.4. The quantitative estimate of drug-likeness (QED) is 0.558. The van der Waals surface area contributed by atoms with Gasteiger partial charge in [-0.15, -0.1) is 0 Å². The van der Waals surface area contributed by atoms with Gasteiger partial charge in [0.15, 0.2) is 11.6 Å². The highest BCUT2D eigenvalue weighted by molar-refractivity contribution is 5.96. The second-order valence-corrected chi connectivity index (χ2v) is 3.81. The van der Waals surface area contributed by atoms with E-state index in [2.05, 4.69) is 13.8 Å². The summed E-state index contributed by atoms with van der Waals surface area (Å²) in [4.78, 5) is 22.6. The zero-order chi connectivity index (χ0) is 12.2. The molecule has 0 spiro atoms. The maximum Gasteiger partial charge on any atom is 0.155 e. The fourth-order valence-corrected chi connectivity index (χ4v) is 1.18. The summed E-state index contributed by atoms with van der Waals surface area (Å²) in [6.45, 7) is 4.13. The summed E-state index contributed by atoms with van der Waals surface area (Å²) in [6.07, 6.45) is 11.5. The van der Waals surface area contributed by atoms with Gasteiger partial charge in [0, 0.05) is 12.8 Å². The molecule has 0 aromatic heterocycles. The van der Waals surface area contributed by atoms with Crippen LogP contribution < -0.4 is 0 Å². The highest BCUT2D eigenvalue weighted by Gasteiger charge is 2.01. The van der Waals surface area contributed by atoms with Crippen LogP contribution in [0.25, 0.3) is 0 Å². The maximum atomic E-state index is 11.3. The molecule has 0 aliphatic rings. The molecule has 2 heteroatoms. The monoisotopic (exact) mass is 222 g/mol. The maximum absolute atomic E-state index is 11.3. The van der Waals surface area contributed by atoms with Gasteiger partial charge in [-0.05, 0) is 25.0 Å². The first-order chi connectivity index (χ1) is 7.70. The van der Waals surface area contributed by atoms with Gasteiger partial charge >= 0.3 is 0 Å². The summed E-state index contributed by atoms with van der Waals surface area (Å²) in [7, 11) is 0. The molecule has 0 aromatic rings. The predicted molar refractivity (Wildman–Crippen MR) is 67.3 cm³/mol. The Morgan fingerprint density at radius 2 is 1.19 bits per heavy atom. The lowest BCUT2D eigenvalue weighted by Crippen LogP contribution is -1.99. The lowest BCUT2D eigenvalue weighted by Gasteiger charge is -1.93. The Morgan fingerprint density at radius 1 is 0.812 bits per heavy atom. The van der Waals surface area contributed by atoms with Crippen LogP contribution in [-0.4, -0.2) is 11.6 Å². The van der Waals surface area contributed by atoms with Crippen LogP contribution in [0.1, 0.15) is 52.4 Å². The van der Waals surface area contributed by atoms with Gasteiger partial charge in [0.1, 0.15) is 0 Å². The third kappa shape index (κ3) is 9.38. The molecule has 0 radical (unpaired) electrons. The van der Waals surface area contributed by atoms with E-state index >= 15 is 0 Å². The third-order valence-corrected chi connectivity index (χ3v) is 2.14. The molecule has 0 saturated heterocycles. The van der Waals surface area contributed by atoms with E-state index in [1.807, 2.05) is 12.2 Å². The van der Waals surface area contributed by atoms with Crippen LogP contribution in [0.2, 0.25) is 0 Å². The van der Waals surface area contributed by atoms with E-state index in [0.717, 1.165) is 25.7 Å². The molecule has 0 bridgehead atoms. The van der Waals surface area contributed by atoms with Gasteiger partial charge in [-0.2, -0.15) is 0 Å². The first kappa shape index (κ1) is 14.8. The van der Waals surface area contributed by atoms with Gasteiger partial charge < -0.3 is 0 Å². The number of ketones is 2. The first-order valence-corrected chi connectivity index (χ1v) is 6.09. The van der Waals surface area contributed by atoms with Crippen LogP contribution in [0.5, 0.6) is 0 Å². The van der Waals surface area contributed by atoms with Crippen molar-refractivity contribution in [3.05, 3.63) is 24.3 Å². The van der Waals surface area contributed by atoms with Crippen molar-refractivity contribution in [3.63, 3.8) is 0 Å². The van der Waals surface area contributed by atoms with Gasteiger partial charge in [-0.1, -0.05) is 38.8 Å². The Bertz CT molecular complexity index is 234. The number of unbranched alkanes of at least 4 members (excludes halogenated alkanes) is 2. The van der Waals surface area contributed by atoms with Crippen molar-refractivity contribution in [2.75, 3.05) is 0 Å². The Morgan fingerprint density at radius 3 is 1.50 bits per heavy atom. The molecule has 90 valence electrons. The van der Waals surface area contributed by atoms with Crippen LogP contribution in [0.4, 0.5) is 0 Å². The van der Waals surface area contributed by atoms with E-state index in [0.29, 0.717) is 12.8 Å². The van der Waals surface area contributed by atoms with E-state index in [9.17, 15) is 9.59 Å². The topological polar surface area (TPSA) is 34.1 Å². The molecule has 0 saturated carbocycles. The van der Waals surface area contributed by atoms with Crippen LogP contribution in [0, 0.1) is 0 Å². The molecule has 0 aromatic carbocycles. The van der Waals surface area contributed by atoms with Crippen LogP contribution in [-0.2, 0) is 9.59 Å². The highest BCUT2D eigenvalue weighted by Crippen LogP contribution is 1.98. The molecule has 0 fully saturated rings. The minimum Gasteiger partial charge on any atom is -0.295 e. The standard InChI is InChI=1S/C14H22O2/c1-3-5-7-9-13(15)11-12-14(16)10-8-6-4-2/h7-10H,3-6,11-12H2,1-2H3. The van der Waals surface area contributed by atoms with E-state index in [1.165, 1.54) is 0 Å². The molecule has 0 aliphatic heterocycles. The average Bonchev–Trinajstić information content (AvgIpc) is 2.27. The first-order valence-electron chi connectivity index (χ1n) is 6.09. The van der Waals surface area contributed by atoms with Gasteiger partial charge in [0.25, 0.3) is 0 Å². The number of carbonyl (C=O) groups is 2. The number of hydrogen-bond donors (Lipinski definition) is 0. The SMILES string of the molecule is CCCC=CC(=O)CCC(=O)C=CCCC. The van der Waals surface area contributed by atoms with Crippen LogP contribution in [0.3, 0.4) is 0 Å². The molecule has 0 N–H and O–H groups in total. The Hall–Kier alpha value is -1.18. The fraction of sp³-hybridized carbons (Fsp3) is 0.571. The van der Waals surface area contributed by atoms with E-state index in [1.54, 1.807) is 12.2 Å². The van der Waals surface area contributed by atoms with Crippen LogP contribution in [0.15, 0.2) is 24.3 Å². The lowest BCUT2D eigenvalue weighted by molar-refractivity contribution is -0.119. The van der Waals surface area contributed by atoms with Crippen molar-refractivity contribution in [2.24, 2.45) is 0 Å². The zero-order valence-electron chi connectivity index (χ0n) is 10.4. The average molecular weight is 222 g/mol. The van der Waals surface area contributed by atoms with Crippen LogP contribution >= 0.6 is 0 Å². The molecule has 0 rings (SSSR count). The van der Waals surface area contributed by atoms with Crippen molar-refractivity contribution in [1.82, 2.24) is 0 Å². The second kappa shape index (κ2) is 10.3. The summed E-state index contributed by atoms with van der Waals surface area (Å²) in [5, 5.41) is 0.